The quantitative estimate of drug-likeness (QED) is 0.615. The van der Waals surface area contributed by atoms with Crippen LogP contribution in [0.2, 0.25) is 0 Å². The van der Waals surface area contributed by atoms with Crippen molar-refractivity contribution in [1.82, 2.24) is 4.90 Å². The molecule has 1 aliphatic heterocycles. The van der Waals surface area contributed by atoms with E-state index in [1.165, 1.54) is 0 Å². The molecule has 5 heteroatoms. The summed E-state index contributed by atoms with van der Waals surface area (Å²) >= 11 is 0. The molecule has 2 aromatic rings. The second-order valence-electron chi connectivity index (χ2n) is 6.34. The second kappa shape index (κ2) is 7.54. The minimum atomic E-state index is -0.977. The van der Waals surface area contributed by atoms with Crippen molar-refractivity contribution in [1.29, 1.82) is 0 Å². The molecular formula is C21H21NO4. The first kappa shape index (κ1) is 17.9. The van der Waals surface area contributed by atoms with Gasteiger partial charge in [0.25, 0.3) is 11.8 Å². The molecule has 2 aromatic carbocycles. The third-order valence-corrected chi connectivity index (χ3v) is 4.28. The fourth-order valence-electron chi connectivity index (χ4n) is 3.02. The van der Waals surface area contributed by atoms with Crippen LogP contribution in [-0.2, 0) is 6.42 Å². The van der Waals surface area contributed by atoms with E-state index >= 15 is 0 Å². The van der Waals surface area contributed by atoms with Crippen molar-refractivity contribution in [3.8, 4) is 5.75 Å². The number of hydrogen-bond acceptors (Lipinski definition) is 4. The minimum absolute atomic E-state index is 0.0133. The fourth-order valence-corrected chi connectivity index (χ4v) is 3.02. The van der Waals surface area contributed by atoms with Crippen molar-refractivity contribution in [2.45, 2.75) is 19.4 Å². The van der Waals surface area contributed by atoms with Gasteiger partial charge in [0.15, 0.2) is 0 Å². The summed E-state index contributed by atoms with van der Waals surface area (Å²) in [5.41, 5.74) is 2.84. The maximum atomic E-state index is 12.3. The Bertz CT molecular complexity index is 824. The van der Waals surface area contributed by atoms with Crippen LogP contribution in [0.15, 0.2) is 55.1 Å². The first-order chi connectivity index (χ1) is 12.5. The molecule has 0 aliphatic carbocycles. The number of ether oxygens (including phenoxy) is 1. The summed E-state index contributed by atoms with van der Waals surface area (Å²) in [4.78, 5) is 25.7. The highest BCUT2D eigenvalue weighted by Crippen LogP contribution is 2.24. The molecule has 1 N–H and O–H groups in total. The molecule has 0 fully saturated rings. The Morgan fingerprint density at radius 2 is 1.81 bits per heavy atom. The van der Waals surface area contributed by atoms with Gasteiger partial charge in [0.2, 0.25) is 0 Å². The number of aliphatic hydroxyl groups is 1. The Balaban J connectivity index is 1.64. The smallest absolute Gasteiger partial charge is 0.261 e. The summed E-state index contributed by atoms with van der Waals surface area (Å²) in [6.45, 7) is 5.62. The standard InChI is InChI=1S/C21H21NO4/c1-3-6-15-11-14(2)9-10-19(15)26-13-16(23)12-22-20(24)17-7-4-5-8-18(17)21(22)25/h3-5,7-11,16,23H,1,6,12-13H2,2H3. The predicted octanol–water partition coefficient (Wildman–Crippen LogP) is 2.76. The molecule has 3 rings (SSSR count). The molecule has 26 heavy (non-hydrogen) atoms. The van der Waals surface area contributed by atoms with Crippen LogP contribution in [0.5, 0.6) is 5.75 Å². The lowest BCUT2D eigenvalue weighted by atomic mass is 10.1. The number of carbonyl (C=O) groups excluding carboxylic acids is 2. The predicted molar refractivity (Wildman–Crippen MR) is 98.4 cm³/mol. The Morgan fingerprint density at radius 3 is 2.42 bits per heavy atom. The number of nitrogens with zero attached hydrogens (tertiary/aromatic N) is 1. The molecule has 0 radical (unpaired) electrons. The highest BCUT2D eigenvalue weighted by molar-refractivity contribution is 6.21. The zero-order valence-corrected chi connectivity index (χ0v) is 14.6. The Morgan fingerprint density at radius 1 is 1.15 bits per heavy atom. The van der Waals surface area contributed by atoms with Crippen LogP contribution in [0, 0.1) is 6.92 Å². The summed E-state index contributed by atoms with van der Waals surface area (Å²) in [5, 5.41) is 10.3. The Kier molecular flexibility index (Phi) is 5.19. The highest BCUT2D eigenvalue weighted by Gasteiger charge is 2.36. The molecule has 2 amide bonds. The van der Waals surface area contributed by atoms with Gasteiger partial charge in [0, 0.05) is 0 Å². The normalized spacial score (nSPS) is 14.3. The van der Waals surface area contributed by atoms with E-state index in [4.69, 9.17) is 4.74 Å². The Labute approximate surface area is 152 Å². The zero-order valence-electron chi connectivity index (χ0n) is 14.6. The number of carbonyl (C=O) groups is 2. The lowest BCUT2D eigenvalue weighted by Gasteiger charge is -2.19. The van der Waals surface area contributed by atoms with E-state index in [0.717, 1.165) is 16.0 Å². The van der Waals surface area contributed by atoms with Crippen molar-refractivity contribution < 1.29 is 19.4 Å². The lowest BCUT2D eigenvalue weighted by Crippen LogP contribution is -2.39. The van der Waals surface area contributed by atoms with E-state index in [-0.39, 0.29) is 25.0 Å². The summed E-state index contributed by atoms with van der Waals surface area (Å²) in [6.07, 6.45) is 1.47. The van der Waals surface area contributed by atoms with Gasteiger partial charge in [-0.25, -0.2) is 0 Å². The van der Waals surface area contributed by atoms with Gasteiger partial charge in [-0.15, -0.1) is 6.58 Å². The van der Waals surface area contributed by atoms with Crippen molar-refractivity contribution in [2.24, 2.45) is 0 Å². The third kappa shape index (κ3) is 3.53. The van der Waals surface area contributed by atoms with E-state index in [1.807, 2.05) is 25.1 Å². The lowest BCUT2D eigenvalue weighted by molar-refractivity contribution is 0.0456. The number of fused-ring (bicyclic) bond motifs is 1. The van der Waals surface area contributed by atoms with Gasteiger partial charge in [-0.2, -0.15) is 0 Å². The van der Waals surface area contributed by atoms with Crippen molar-refractivity contribution in [3.05, 3.63) is 77.4 Å². The molecule has 0 aromatic heterocycles. The molecule has 1 heterocycles. The number of aliphatic hydroxyl groups excluding tert-OH is 1. The average molecular weight is 351 g/mol. The number of β-amino-alcohol motifs (C(OH)–C–C–N with tert-alkyl or cyclic N) is 1. The van der Waals surface area contributed by atoms with Gasteiger partial charge in [-0.1, -0.05) is 35.9 Å². The molecule has 0 bridgehead atoms. The van der Waals surface area contributed by atoms with Crippen molar-refractivity contribution in [2.75, 3.05) is 13.2 Å². The first-order valence-electron chi connectivity index (χ1n) is 8.47. The minimum Gasteiger partial charge on any atom is -0.491 e. The van der Waals surface area contributed by atoms with Crippen LogP contribution in [0.4, 0.5) is 0 Å². The number of amides is 2. The van der Waals surface area contributed by atoms with Crippen LogP contribution in [0.25, 0.3) is 0 Å². The molecule has 1 unspecified atom stereocenters. The van der Waals surface area contributed by atoms with Gasteiger partial charge in [0.1, 0.15) is 18.5 Å². The van der Waals surface area contributed by atoms with Gasteiger partial charge in [-0.3, -0.25) is 14.5 Å². The van der Waals surface area contributed by atoms with E-state index in [0.29, 0.717) is 23.3 Å². The molecule has 0 saturated carbocycles. The molecule has 134 valence electrons. The summed E-state index contributed by atoms with van der Waals surface area (Å²) in [7, 11) is 0. The monoisotopic (exact) mass is 351 g/mol. The van der Waals surface area contributed by atoms with Crippen LogP contribution >= 0.6 is 0 Å². The Hall–Kier alpha value is -2.92. The second-order valence-corrected chi connectivity index (χ2v) is 6.34. The number of hydrogen-bond donors (Lipinski definition) is 1. The van der Waals surface area contributed by atoms with Crippen LogP contribution < -0.4 is 4.74 Å². The number of allylic oxidation sites excluding steroid dienone is 1. The van der Waals surface area contributed by atoms with E-state index < -0.39 is 6.10 Å². The molecular weight excluding hydrogens is 330 g/mol. The molecule has 5 nitrogen and oxygen atoms in total. The highest BCUT2D eigenvalue weighted by atomic mass is 16.5. The molecule has 1 aliphatic rings. The maximum absolute atomic E-state index is 12.3. The van der Waals surface area contributed by atoms with Gasteiger partial charge < -0.3 is 9.84 Å². The largest absolute Gasteiger partial charge is 0.491 e. The number of rotatable bonds is 7. The molecule has 0 spiro atoms. The summed E-state index contributed by atoms with van der Waals surface area (Å²) in [6, 6.07) is 12.4. The van der Waals surface area contributed by atoms with Gasteiger partial charge in [-0.05, 0) is 37.1 Å². The summed E-state index contributed by atoms with van der Waals surface area (Å²) in [5.74, 6) is -0.100. The zero-order chi connectivity index (χ0) is 18.7. The summed E-state index contributed by atoms with van der Waals surface area (Å²) < 4.78 is 5.72. The van der Waals surface area contributed by atoms with Gasteiger partial charge >= 0.3 is 0 Å². The average Bonchev–Trinajstić information content (AvgIpc) is 2.87. The van der Waals surface area contributed by atoms with Crippen LogP contribution in [0.1, 0.15) is 31.8 Å². The van der Waals surface area contributed by atoms with E-state index in [1.54, 1.807) is 30.3 Å². The fraction of sp³-hybridized carbons (Fsp3) is 0.238. The van der Waals surface area contributed by atoms with Crippen LogP contribution in [0.3, 0.4) is 0 Å². The van der Waals surface area contributed by atoms with Crippen molar-refractivity contribution >= 4 is 11.8 Å². The maximum Gasteiger partial charge on any atom is 0.261 e. The van der Waals surface area contributed by atoms with Gasteiger partial charge in [0.05, 0.1) is 17.7 Å². The number of imide groups is 1. The SMILES string of the molecule is C=CCc1cc(C)ccc1OCC(O)CN1C(=O)c2ccccc2C1=O. The van der Waals surface area contributed by atoms with Crippen LogP contribution in [-0.4, -0.2) is 41.1 Å². The molecule has 1 atom stereocenters. The number of aryl methyl sites for hydroxylation is 1. The van der Waals surface area contributed by atoms with Crippen molar-refractivity contribution in [3.63, 3.8) is 0 Å². The number of benzene rings is 2. The topological polar surface area (TPSA) is 66.8 Å². The third-order valence-electron chi connectivity index (χ3n) is 4.28. The first-order valence-corrected chi connectivity index (χ1v) is 8.47. The van der Waals surface area contributed by atoms with E-state index in [9.17, 15) is 14.7 Å². The van der Waals surface area contributed by atoms with E-state index in [2.05, 4.69) is 6.58 Å². The molecule has 0 saturated heterocycles.